The van der Waals surface area contributed by atoms with Crippen molar-refractivity contribution in [1.29, 1.82) is 0 Å². The van der Waals surface area contributed by atoms with Gasteiger partial charge in [-0.3, -0.25) is 9.59 Å². The fourth-order valence-electron chi connectivity index (χ4n) is 1.67. The second-order valence-electron chi connectivity index (χ2n) is 4.14. The minimum absolute atomic E-state index is 0.0372. The highest BCUT2D eigenvalue weighted by Crippen LogP contribution is 2.23. The van der Waals surface area contributed by atoms with Gasteiger partial charge in [0.25, 0.3) is 0 Å². The number of nitrogens with zero attached hydrogens (tertiary/aromatic N) is 1. The predicted octanol–water partition coefficient (Wildman–Crippen LogP) is 2.95. The molecule has 0 atom stereocenters. The maximum Gasteiger partial charge on any atom is 0.325 e. The number of rotatable bonds is 6. The number of benzene rings is 1. The second kappa shape index (κ2) is 8.12. The molecule has 0 saturated heterocycles. The van der Waals surface area contributed by atoms with Crippen molar-refractivity contribution in [3.63, 3.8) is 0 Å². The van der Waals surface area contributed by atoms with Crippen molar-refractivity contribution < 1.29 is 14.3 Å². The number of hydrogen-bond acceptors (Lipinski definition) is 3. The molecule has 0 aliphatic heterocycles. The summed E-state index contributed by atoms with van der Waals surface area (Å²) in [5, 5.41) is 0.854. The van der Waals surface area contributed by atoms with Crippen molar-refractivity contribution in [2.45, 2.75) is 20.3 Å². The van der Waals surface area contributed by atoms with Crippen LogP contribution in [-0.2, 0) is 20.7 Å². The molecular formula is C14H17Cl2NO3. The highest BCUT2D eigenvalue weighted by atomic mass is 35.5. The molecule has 0 heterocycles. The van der Waals surface area contributed by atoms with Gasteiger partial charge >= 0.3 is 5.97 Å². The average molecular weight is 318 g/mol. The van der Waals surface area contributed by atoms with Gasteiger partial charge in [0, 0.05) is 6.54 Å². The molecule has 20 heavy (non-hydrogen) atoms. The largest absolute Gasteiger partial charge is 0.465 e. The van der Waals surface area contributed by atoms with Crippen LogP contribution in [0.15, 0.2) is 18.2 Å². The van der Waals surface area contributed by atoms with Crippen LogP contribution in [0.5, 0.6) is 0 Å². The number of carbonyl (C=O) groups is 2. The monoisotopic (exact) mass is 317 g/mol. The van der Waals surface area contributed by atoms with Gasteiger partial charge in [0.1, 0.15) is 6.54 Å². The van der Waals surface area contributed by atoms with Crippen LogP contribution in [-0.4, -0.2) is 36.5 Å². The zero-order valence-electron chi connectivity index (χ0n) is 11.5. The smallest absolute Gasteiger partial charge is 0.325 e. The average Bonchev–Trinajstić information content (AvgIpc) is 2.40. The zero-order valence-corrected chi connectivity index (χ0v) is 13.0. The molecule has 0 aliphatic carbocycles. The Morgan fingerprint density at radius 3 is 2.45 bits per heavy atom. The summed E-state index contributed by atoms with van der Waals surface area (Å²) in [7, 11) is 0. The molecule has 1 aromatic rings. The molecule has 0 unspecified atom stereocenters. The Balaban J connectivity index is 2.67. The highest BCUT2D eigenvalue weighted by Gasteiger charge is 2.16. The number of carbonyl (C=O) groups excluding carboxylic acids is 2. The summed E-state index contributed by atoms with van der Waals surface area (Å²) in [6, 6.07) is 5.04. The topological polar surface area (TPSA) is 46.6 Å². The molecule has 0 fully saturated rings. The lowest BCUT2D eigenvalue weighted by Crippen LogP contribution is -2.37. The third-order valence-corrected chi connectivity index (χ3v) is 3.44. The first kappa shape index (κ1) is 16.8. The SMILES string of the molecule is CCOC(=O)CN(CC)C(=O)Cc1ccc(Cl)c(Cl)c1. The number of ether oxygens (including phenoxy) is 1. The van der Waals surface area contributed by atoms with E-state index < -0.39 is 5.97 Å². The maximum absolute atomic E-state index is 12.1. The van der Waals surface area contributed by atoms with Crippen LogP contribution in [0.4, 0.5) is 0 Å². The number of esters is 1. The highest BCUT2D eigenvalue weighted by molar-refractivity contribution is 6.42. The van der Waals surface area contributed by atoms with Crippen LogP contribution < -0.4 is 0 Å². The Hall–Kier alpha value is -1.26. The summed E-state index contributed by atoms with van der Waals surface area (Å²) in [5.74, 6) is -0.559. The van der Waals surface area contributed by atoms with Crippen LogP contribution in [0, 0.1) is 0 Å². The predicted molar refractivity (Wildman–Crippen MR) is 79.1 cm³/mol. The molecular weight excluding hydrogens is 301 g/mol. The fourth-order valence-corrected chi connectivity index (χ4v) is 2.00. The van der Waals surface area contributed by atoms with Gasteiger partial charge in [0.05, 0.1) is 23.1 Å². The Bertz CT molecular complexity index is 491. The van der Waals surface area contributed by atoms with Crippen LogP contribution in [0.1, 0.15) is 19.4 Å². The van der Waals surface area contributed by atoms with E-state index in [1.807, 2.05) is 6.92 Å². The fraction of sp³-hybridized carbons (Fsp3) is 0.429. The molecule has 1 aromatic carbocycles. The standard InChI is InChI=1S/C14H17Cl2NO3/c1-3-17(9-14(19)20-4-2)13(18)8-10-5-6-11(15)12(16)7-10/h5-7H,3-4,8-9H2,1-2H3. The third kappa shape index (κ3) is 5.02. The van der Waals surface area contributed by atoms with E-state index in [1.54, 1.807) is 25.1 Å². The molecule has 110 valence electrons. The number of amides is 1. The lowest BCUT2D eigenvalue weighted by molar-refractivity contribution is -0.148. The molecule has 0 aromatic heterocycles. The molecule has 0 radical (unpaired) electrons. The van der Waals surface area contributed by atoms with Gasteiger partial charge in [0.15, 0.2) is 0 Å². The van der Waals surface area contributed by atoms with Crippen LogP contribution in [0.3, 0.4) is 0 Å². The Morgan fingerprint density at radius 2 is 1.90 bits per heavy atom. The van der Waals surface area contributed by atoms with Crippen molar-refractivity contribution in [3.8, 4) is 0 Å². The van der Waals surface area contributed by atoms with Gasteiger partial charge in [-0.1, -0.05) is 29.3 Å². The Labute approximate surface area is 128 Å². The van der Waals surface area contributed by atoms with Crippen LogP contribution >= 0.6 is 23.2 Å². The molecule has 4 nitrogen and oxygen atoms in total. The summed E-state index contributed by atoms with van der Waals surface area (Å²) in [6.45, 7) is 4.25. The molecule has 0 N–H and O–H groups in total. The number of halogens is 2. The van der Waals surface area contributed by atoms with E-state index in [0.717, 1.165) is 5.56 Å². The number of likely N-dealkylation sites (N-methyl/N-ethyl adjacent to an activating group) is 1. The summed E-state index contributed by atoms with van der Waals surface area (Å²) in [4.78, 5) is 25.0. The Morgan fingerprint density at radius 1 is 1.20 bits per heavy atom. The van der Waals surface area contributed by atoms with Gasteiger partial charge in [-0.2, -0.15) is 0 Å². The lowest BCUT2D eigenvalue weighted by atomic mass is 10.1. The van der Waals surface area contributed by atoms with E-state index in [9.17, 15) is 9.59 Å². The number of hydrogen-bond donors (Lipinski definition) is 0. The van der Waals surface area contributed by atoms with Gasteiger partial charge in [-0.15, -0.1) is 0 Å². The normalized spacial score (nSPS) is 10.2. The van der Waals surface area contributed by atoms with Crippen molar-refractivity contribution >= 4 is 35.1 Å². The van der Waals surface area contributed by atoms with E-state index in [-0.39, 0.29) is 18.9 Å². The minimum atomic E-state index is -0.406. The third-order valence-electron chi connectivity index (χ3n) is 2.70. The summed E-state index contributed by atoms with van der Waals surface area (Å²) >= 11 is 11.7. The maximum atomic E-state index is 12.1. The summed E-state index contributed by atoms with van der Waals surface area (Å²) < 4.78 is 4.84. The molecule has 6 heteroatoms. The van der Waals surface area contributed by atoms with Crippen molar-refractivity contribution in [2.75, 3.05) is 19.7 Å². The Kier molecular flexibility index (Phi) is 6.82. The van der Waals surface area contributed by atoms with Crippen molar-refractivity contribution in [2.24, 2.45) is 0 Å². The molecule has 0 aliphatic rings. The molecule has 0 bridgehead atoms. The quantitative estimate of drug-likeness (QED) is 0.758. The first-order chi connectivity index (χ1) is 9.47. The van der Waals surface area contributed by atoms with E-state index in [4.69, 9.17) is 27.9 Å². The summed E-state index contributed by atoms with van der Waals surface area (Å²) in [6.07, 6.45) is 0.171. The second-order valence-corrected chi connectivity index (χ2v) is 4.95. The molecule has 1 amide bonds. The van der Waals surface area contributed by atoms with Crippen LogP contribution in [0.25, 0.3) is 0 Å². The van der Waals surface area contributed by atoms with Crippen LogP contribution in [0.2, 0.25) is 10.0 Å². The van der Waals surface area contributed by atoms with Gasteiger partial charge < -0.3 is 9.64 Å². The first-order valence-electron chi connectivity index (χ1n) is 6.35. The molecule has 0 spiro atoms. The van der Waals surface area contributed by atoms with E-state index >= 15 is 0 Å². The van der Waals surface area contributed by atoms with Crippen molar-refractivity contribution in [3.05, 3.63) is 33.8 Å². The van der Waals surface area contributed by atoms with Crippen molar-refractivity contribution in [1.82, 2.24) is 4.90 Å². The van der Waals surface area contributed by atoms with E-state index in [1.165, 1.54) is 4.90 Å². The van der Waals surface area contributed by atoms with Gasteiger partial charge in [-0.05, 0) is 31.5 Å². The zero-order chi connectivity index (χ0) is 15.1. The summed E-state index contributed by atoms with van der Waals surface area (Å²) in [5.41, 5.74) is 0.756. The minimum Gasteiger partial charge on any atom is -0.465 e. The first-order valence-corrected chi connectivity index (χ1v) is 7.10. The van der Waals surface area contributed by atoms with E-state index in [0.29, 0.717) is 23.2 Å². The molecule has 0 saturated carbocycles. The van der Waals surface area contributed by atoms with Gasteiger partial charge in [0.2, 0.25) is 5.91 Å². The van der Waals surface area contributed by atoms with Gasteiger partial charge in [-0.25, -0.2) is 0 Å². The lowest BCUT2D eigenvalue weighted by Gasteiger charge is -2.19. The van der Waals surface area contributed by atoms with E-state index in [2.05, 4.69) is 0 Å². The molecule has 1 rings (SSSR count).